The maximum absolute atomic E-state index is 9.10. The summed E-state index contributed by atoms with van der Waals surface area (Å²) in [7, 11) is 0. The maximum Gasteiger partial charge on any atom is 0.101 e. The zero-order chi connectivity index (χ0) is 13.8. The minimum atomic E-state index is 0.626. The Morgan fingerprint density at radius 1 is 1.26 bits per heavy atom. The molecule has 0 saturated heterocycles. The zero-order valence-electron chi connectivity index (χ0n) is 10.4. The smallest absolute Gasteiger partial charge is 0.101 e. The molecule has 0 radical (unpaired) electrons. The van der Waals surface area contributed by atoms with E-state index in [2.05, 4.69) is 27.3 Å². The highest BCUT2D eigenvalue weighted by molar-refractivity contribution is 9.10. The average Bonchev–Trinajstić information content (AvgIpc) is 2.39. The van der Waals surface area contributed by atoms with Gasteiger partial charge in [0.2, 0.25) is 0 Å². The summed E-state index contributed by atoms with van der Waals surface area (Å²) in [6, 6.07) is 13.6. The van der Waals surface area contributed by atoms with Crippen molar-refractivity contribution < 1.29 is 0 Å². The number of hydrogen-bond donors (Lipinski definition) is 1. The predicted octanol–water partition coefficient (Wildman–Crippen LogP) is 4.89. The second kappa shape index (κ2) is 6.10. The first-order chi connectivity index (χ1) is 9.10. The summed E-state index contributed by atoms with van der Waals surface area (Å²) < 4.78 is 0.900. The van der Waals surface area contributed by atoms with Crippen molar-refractivity contribution >= 4 is 33.2 Å². The highest BCUT2D eigenvalue weighted by atomic mass is 79.9. The Morgan fingerprint density at radius 2 is 2.05 bits per heavy atom. The molecule has 2 aromatic carbocycles. The molecule has 0 aliphatic carbocycles. The molecule has 2 aromatic rings. The molecule has 0 aliphatic heterocycles. The molecule has 0 atom stereocenters. The molecule has 0 amide bonds. The van der Waals surface area contributed by atoms with Gasteiger partial charge in [-0.1, -0.05) is 33.6 Å². The minimum Gasteiger partial charge on any atom is -0.380 e. The van der Waals surface area contributed by atoms with Gasteiger partial charge in [-0.3, -0.25) is 0 Å². The second-order valence-corrected chi connectivity index (χ2v) is 5.58. The van der Waals surface area contributed by atoms with Gasteiger partial charge in [-0.25, -0.2) is 0 Å². The summed E-state index contributed by atoms with van der Waals surface area (Å²) in [5.41, 5.74) is 3.76. The van der Waals surface area contributed by atoms with Crippen molar-refractivity contribution in [3.05, 3.63) is 62.6 Å². The van der Waals surface area contributed by atoms with Crippen molar-refractivity contribution in [3.8, 4) is 6.07 Å². The van der Waals surface area contributed by atoms with Gasteiger partial charge in [0.05, 0.1) is 11.3 Å². The van der Waals surface area contributed by atoms with Gasteiger partial charge in [-0.05, 0) is 48.4 Å². The van der Waals surface area contributed by atoms with Crippen molar-refractivity contribution in [1.29, 1.82) is 5.26 Å². The fourth-order valence-electron chi connectivity index (χ4n) is 1.81. The Hall–Kier alpha value is -1.50. The first-order valence-corrected chi connectivity index (χ1v) is 6.96. The Balaban J connectivity index is 2.17. The average molecular weight is 336 g/mol. The number of rotatable bonds is 3. The van der Waals surface area contributed by atoms with Crippen molar-refractivity contribution in [3.63, 3.8) is 0 Å². The molecule has 19 heavy (non-hydrogen) atoms. The van der Waals surface area contributed by atoms with Crippen LogP contribution in [0.2, 0.25) is 5.02 Å². The van der Waals surface area contributed by atoms with Crippen molar-refractivity contribution in [2.24, 2.45) is 0 Å². The fourth-order valence-corrected chi connectivity index (χ4v) is 2.40. The topological polar surface area (TPSA) is 35.8 Å². The van der Waals surface area contributed by atoms with Crippen LogP contribution in [-0.2, 0) is 6.54 Å². The molecule has 0 bridgehead atoms. The maximum atomic E-state index is 9.10. The monoisotopic (exact) mass is 334 g/mol. The SMILES string of the molecule is Cc1cc(Cl)ccc1CNc1ccc(Br)cc1C#N. The van der Waals surface area contributed by atoms with E-state index in [-0.39, 0.29) is 0 Å². The van der Waals surface area contributed by atoms with Gasteiger partial charge < -0.3 is 5.32 Å². The third-order valence-electron chi connectivity index (χ3n) is 2.88. The molecule has 2 rings (SSSR count). The third kappa shape index (κ3) is 3.50. The van der Waals surface area contributed by atoms with Crippen LogP contribution in [-0.4, -0.2) is 0 Å². The molecule has 96 valence electrons. The first kappa shape index (κ1) is 13.9. The fraction of sp³-hybridized carbons (Fsp3) is 0.133. The number of nitrogens with zero attached hydrogens (tertiary/aromatic N) is 1. The lowest BCUT2D eigenvalue weighted by atomic mass is 10.1. The van der Waals surface area contributed by atoms with Crippen LogP contribution in [0.4, 0.5) is 5.69 Å². The van der Waals surface area contributed by atoms with E-state index >= 15 is 0 Å². The summed E-state index contributed by atoms with van der Waals surface area (Å²) >= 11 is 9.29. The lowest BCUT2D eigenvalue weighted by Crippen LogP contribution is -2.02. The minimum absolute atomic E-state index is 0.626. The standard InChI is InChI=1S/C15H12BrClN2/c1-10-6-14(17)4-2-11(10)9-19-15-5-3-13(16)7-12(15)8-18/h2-7,19H,9H2,1H3. The van der Waals surface area contributed by atoms with Crippen LogP contribution in [0.25, 0.3) is 0 Å². The molecule has 0 spiro atoms. The Kier molecular flexibility index (Phi) is 4.47. The molecule has 0 saturated carbocycles. The number of anilines is 1. The van der Waals surface area contributed by atoms with Gasteiger partial charge in [-0.2, -0.15) is 5.26 Å². The summed E-state index contributed by atoms with van der Waals surface area (Å²) in [5, 5.41) is 13.1. The molecule has 0 aromatic heterocycles. The van der Waals surface area contributed by atoms with Crippen LogP contribution in [0.1, 0.15) is 16.7 Å². The summed E-state index contributed by atoms with van der Waals surface area (Å²) in [6.07, 6.45) is 0. The van der Waals surface area contributed by atoms with E-state index in [0.29, 0.717) is 12.1 Å². The zero-order valence-corrected chi connectivity index (χ0v) is 12.7. The predicted molar refractivity (Wildman–Crippen MR) is 82.4 cm³/mol. The summed E-state index contributed by atoms with van der Waals surface area (Å²) in [6.45, 7) is 2.69. The summed E-state index contributed by atoms with van der Waals surface area (Å²) in [4.78, 5) is 0. The highest BCUT2D eigenvalue weighted by Gasteiger charge is 2.04. The number of halogens is 2. The van der Waals surface area contributed by atoms with Crippen molar-refractivity contribution in [2.45, 2.75) is 13.5 Å². The normalized spacial score (nSPS) is 10.0. The number of aryl methyl sites for hydroxylation is 1. The van der Waals surface area contributed by atoms with Crippen LogP contribution in [0.3, 0.4) is 0 Å². The van der Waals surface area contributed by atoms with Gasteiger partial charge in [0.1, 0.15) is 6.07 Å². The van der Waals surface area contributed by atoms with Crippen LogP contribution in [0.15, 0.2) is 40.9 Å². The molecule has 4 heteroatoms. The lowest BCUT2D eigenvalue weighted by Gasteiger charge is -2.11. The van der Waals surface area contributed by atoms with E-state index in [1.165, 1.54) is 0 Å². The molecular formula is C15H12BrClN2. The van der Waals surface area contributed by atoms with E-state index in [9.17, 15) is 0 Å². The Labute approximate surface area is 126 Å². The van der Waals surface area contributed by atoms with E-state index < -0.39 is 0 Å². The van der Waals surface area contributed by atoms with Gasteiger partial charge in [0, 0.05) is 16.0 Å². The van der Waals surface area contributed by atoms with Gasteiger partial charge >= 0.3 is 0 Å². The molecule has 0 heterocycles. The number of benzene rings is 2. The van der Waals surface area contributed by atoms with Gasteiger partial charge in [0.15, 0.2) is 0 Å². The molecule has 0 unspecified atom stereocenters. The van der Waals surface area contributed by atoms with Crippen molar-refractivity contribution in [1.82, 2.24) is 0 Å². The molecule has 2 nitrogen and oxygen atoms in total. The third-order valence-corrected chi connectivity index (χ3v) is 3.60. The van der Waals surface area contributed by atoms with Crippen LogP contribution in [0.5, 0.6) is 0 Å². The second-order valence-electron chi connectivity index (χ2n) is 4.23. The van der Waals surface area contributed by atoms with E-state index in [1.54, 1.807) is 6.07 Å². The first-order valence-electron chi connectivity index (χ1n) is 5.78. The lowest BCUT2D eigenvalue weighted by molar-refractivity contribution is 1.12. The van der Waals surface area contributed by atoms with Gasteiger partial charge in [0.25, 0.3) is 0 Å². The van der Waals surface area contributed by atoms with E-state index in [4.69, 9.17) is 16.9 Å². The molecule has 1 N–H and O–H groups in total. The van der Waals surface area contributed by atoms with E-state index in [1.807, 2.05) is 37.3 Å². The van der Waals surface area contributed by atoms with Crippen LogP contribution in [0, 0.1) is 18.3 Å². The highest BCUT2D eigenvalue weighted by Crippen LogP contribution is 2.22. The van der Waals surface area contributed by atoms with Crippen LogP contribution >= 0.6 is 27.5 Å². The van der Waals surface area contributed by atoms with Crippen molar-refractivity contribution in [2.75, 3.05) is 5.32 Å². The van der Waals surface area contributed by atoms with Crippen LogP contribution < -0.4 is 5.32 Å². The van der Waals surface area contributed by atoms with Gasteiger partial charge in [-0.15, -0.1) is 0 Å². The Morgan fingerprint density at radius 3 is 2.74 bits per heavy atom. The van der Waals surface area contributed by atoms with E-state index in [0.717, 1.165) is 26.3 Å². The summed E-state index contributed by atoms with van der Waals surface area (Å²) in [5.74, 6) is 0. The quantitative estimate of drug-likeness (QED) is 0.866. The largest absolute Gasteiger partial charge is 0.380 e. The Bertz CT molecular complexity index is 647. The number of nitriles is 1. The molecule has 0 aliphatic rings. The molecular weight excluding hydrogens is 324 g/mol. The number of hydrogen-bond acceptors (Lipinski definition) is 2. The number of nitrogens with one attached hydrogen (secondary N) is 1. The molecule has 0 fully saturated rings.